The number of aryl methyl sites for hydroxylation is 1. The number of phenols is 1. The predicted octanol–water partition coefficient (Wildman–Crippen LogP) is 2.46. The summed E-state index contributed by atoms with van der Waals surface area (Å²) in [4.78, 5) is 27.4. The summed E-state index contributed by atoms with van der Waals surface area (Å²) >= 11 is 0. The minimum absolute atomic E-state index is 0.0249. The third-order valence-corrected chi connectivity index (χ3v) is 6.06. The van der Waals surface area contributed by atoms with Crippen LogP contribution in [0.15, 0.2) is 12.1 Å². The number of esters is 1. The van der Waals surface area contributed by atoms with Crippen molar-refractivity contribution in [3.05, 3.63) is 39.9 Å². The van der Waals surface area contributed by atoms with Crippen LogP contribution in [0, 0.1) is 13.8 Å². The normalized spacial score (nSPS) is 15.6. The quantitative estimate of drug-likeness (QED) is 0.314. The van der Waals surface area contributed by atoms with Crippen molar-refractivity contribution in [3.63, 3.8) is 0 Å². The Morgan fingerprint density at radius 1 is 1.15 bits per heavy atom. The van der Waals surface area contributed by atoms with E-state index in [1.54, 1.807) is 13.8 Å². The van der Waals surface area contributed by atoms with E-state index in [9.17, 15) is 19.8 Å². The van der Waals surface area contributed by atoms with Gasteiger partial charge in [0.15, 0.2) is 17.2 Å². The first-order chi connectivity index (χ1) is 16.3. The van der Waals surface area contributed by atoms with Crippen molar-refractivity contribution in [2.24, 2.45) is 0 Å². The number of aromatic hydroxyl groups is 1. The van der Waals surface area contributed by atoms with Gasteiger partial charge in [-0.1, -0.05) is 0 Å². The van der Waals surface area contributed by atoms with Crippen LogP contribution in [-0.4, -0.2) is 73.6 Å². The Hall–Kier alpha value is -3.34. The minimum atomic E-state index is -1.27. The van der Waals surface area contributed by atoms with Crippen molar-refractivity contribution in [2.75, 3.05) is 46.5 Å². The smallest absolute Gasteiger partial charge is 0.347 e. The monoisotopic (exact) mass is 472 g/mol. The molecule has 0 unspecified atom stereocenters. The van der Waals surface area contributed by atoms with Gasteiger partial charge in [-0.05, 0) is 31.5 Å². The highest BCUT2D eigenvalue weighted by molar-refractivity contribution is 6.00. The maximum Gasteiger partial charge on any atom is 0.347 e. The van der Waals surface area contributed by atoms with Gasteiger partial charge >= 0.3 is 11.9 Å². The maximum atomic E-state index is 13.1. The summed E-state index contributed by atoms with van der Waals surface area (Å²) in [6, 6.07) is 2.80. The van der Waals surface area contributed by atoms with Gasteiger partial charge in [0.25, 0.3) is 0 Å². The third-order valence-electron chi connectivity index (χ3n) is 6.06. The van der Waals surface area contributed by atoms with E-state index in [0.717, 1.165) is 19.6 Å². The number of aromatic carboxylic acids is 1. The lowest BCUT2D eigenvalue weighted by Crippen LogP contribution is -2.40. The number of phenolic OH excluding ortho intramolecular Hbond substituents is 1. The first-order valence-electron chi connectivity index (χ1n) is 11.0. The maximum absolute atomic E-state index is 13.1. The number of carbonyl (C=O) groups excluding carboxylic acids is 1. The average molecular weight is 472 g/mol. The van der Waals surface area contributed by atoms with Crippen LogP contribution in [-0.2, 0) is 11.3 Å². The SMILES string of the molecule is COc1cc(C(=O)O)c2c(c1C)OC(=O)c1c(C)cc(O)c(CNCCN3CCOCC3)c1O2. The van der Waals surface area contributed by atoms with Gasteiger partial charge in [-0.25, -0.2) is 9.59 Å². The molecule has 2 aromatic rings. The molecule has 0 aliphatic carbocycles. The van der Waals surface area contributed by atoms with E-state index >= 15 is 0 Å². The fourth-order valence-corrected chi connectivity index (χ4v) is 4.17. The molecule has 0 saturated carbocycles. The van der Waals surface area contributed by atoms with E-state index in [4.69, 9.17) is 18.9 Å². The molecule has 0 spiro atoms. The lowest BCUT2D eigenvalue weighted by atomic mass is 10.0. The van der Waals surface area contributed by atoms with Crippen molar-refractivity contribution in [1.29, 1.82) is 0 Å². The lowest BCUT2D eigenvalue weighted by Gasteiger charge is -2.26. The van der Waals surface area contributed by atoms with Crippen LogP contribution in [0.25, 0.3) is 0 Å². The second kappa shape index (κ2) is 9.88. The van der Waals surface area contributed by atoms with Crippen molar-refractivity contribution < 1.29 is 38.7 Å². The standard InChI is InChI=1S/C24H28N2O8/c1-13-10-17(27)16(12-25-4-5-26-6-8-32-9-7-26)21-19(13)24(30)34-20-14(2)18(31-3)11-15(23(28)29)22(20)33-21/h10-11,25,27H,4-9,12H2,1-3H3,(H,28,29). The zero-order chi connectivity index (χ0) is 24.4. The van der Waals surface area contributed by atoms with Gasteiger partial charge in [-0.2, -0.15) is 0 Å². The van der Waals surface area contributed by atoms with Crippen molar-refractivity contribution in [1.82, 2.24) is 10.2 Å². The number of hydrogen-bond donors (Lipinski definition) is 3. The highest BCUT2D eigenvalue weighted by Gasteiger charge is 2.34. The number of rotatable bonds is 7. The highest BCUT2D eigenvalue weighted by Crippen LogP contribution is 2.48. The van der Waals surface area contributed by atoms with Crippen LogP contribution >= 0.6 is 0 Å². The Balaban J connectivity index is 1.69. The molecule has 1 fully saturated rings. The molecule has 0 bridgehead atoms. The zero-order valence-electron chi connectivity index (χ0n) is 19.4. The van der Waals surface area contributed by atoms with E-state index in [1.807, 2.05) is 0 Å². The van der Waals surface area contributed by atoms with Crippen LogP contribution < -0.4 is 19.5 Å². The zero-order valence-corrected chi connectivity index (χ0v) is 19.4. The third kappa shape index (κ3) is 4.52. The first kappa shape index (κ1) is 23.8. The number of carbonyl (C=O) groups is 2. The van der Waals surface area contributed by atoms with Crippen molar-refractivity contribution in [3.8, 4) is 28.7 Å². The number of carboxylic acid groups (broad SMARTS) is 1. The van der Waals surface area contributed by atoms with E-state index in [1.165, 1.54) is 19.2 Å². The van der Waals surface area contributed by atoms with Gasteiger partial charge in [0.1, 0.15) is 22.6 Å². The van der Waals surface area contributed by atoms with Crippen LogP contribution in [0.2, 0.25) is 0 Å². The lowest BCUT2D eigenvalue weighted by molar-refractivity contribution is 0.0384. The molecule has 2 aliphatic rings. The molecule has 2 aromatic carbocycles. The van der Waals surface area contributed by atoms with Gasteiger partial charge in [0.2, 0.25) is 0 Å². The molecule has 1 saturated heterocycles. The molecule has 0 radical (unpaired) electrons. The number of nitrogens with one attached hydrogen (secondary N) is 1. The summed E-state index contributed by atoms with van der Waals surface area (Å²) < 4.78 is 22.3. The number of fused-ring (bicyclic) bond motifs is 2. The number of carboxylic acids is 1. The number of morpholine rings is 1. The Bertz CT molecular complexity index is 1120. The van der Waals surface area contributed by atoms with Gasteiger partial charge in [0, 0.05) is 38.3 Å². The van der Waals surface area contributed by atoms with Gasteiger partial charge < -0.3 is 34.5 Å². The van der Waals surface area contributed by atoms with Crippen LogP contribution in [0.1, 0.15) is 37.4 Å². The number of hydrogen-bond acceptors (Lipinski definition) is 9. The van der Waals surface area contributed by atoms with Crippen LogP contribution in [0.3, 0.4) is 0 Å². The Morgan fingerprint density at radius 2 is 1.88 bits per heavy atom. The molecular formula is C24H28N2O8. The van der Waals surface area contributed by atoms with Gasteiger partial charge in [0.05, 0.1) is 25.9 Å². The fraction of sp³-hybridized carbons (Fsp3) is 0.417. The Labute approximate surface area is 197 Å². The molecule has 0 aromatic heterocycles. The molecule has 0 atom stereocenters. The molecule has 3 N–H and O–H groups in total. The first-order valence-corrected chi connectivity index (χ1v) is 11.0. The van der Waals surface area contributed by atoms with E-state index in [0.29, 0.717) is 36.4 Å². The molecular weight excluding hydrogens is 444 g/mol. The number of ether oxygens (including phenoxy) is 4. The Morgan fingerprint density at radius 3 is 2.56 bits per heavy atom. The molecule has 4 rings (SSSR count). The van der Waals surface area contributed by atoms with Crippen molar-refractivity contribution in [2.45, 2.75) is 20.4 Å². The summed E-state index contributed by atoms with van der Waals surface area (Å²) in [5.41, 5.74) is 1.13. The van der Waals surface area contributed by atoms with Crippen molar-refractivity contribution >= 4 is 11.9 Å². The van der Waals surface area contributed by atoms with Gasteiger partial charge in [-0.3, -0.25) is 4.90 Å². The second-order valence-corrected chi connectivity index (χ2v) is 8.23. The molecule has 182 valence electrons. The topological polar surface area (TPSA) is 127 Å². The predicted molar refractivity (Wildman–Crippen MR) is 122 cm³/mol. The number of methoxy groups -OCH3 is 1. The van der Waals surface area contributed by atoms with E-state index in [-0.39, 0.29) is 46.4 Å². The second-order valence-electron chi connectivity index (χ2n) is 8.23. The summed E-state index contributed by atoms with van der Waals surface area (Å²) in [6.45, 7) is 8.08. The average Bonchev–Trinajstić information content (AvgIpc) is 2.96. The van der Waals surface area contributed by atoms with Crippen LogP contribution in [0.4, 0.5) is 0 Å². The molecule has 34 heavy (non-hydrogen) atoms. The molecule has 10 heteroatoms. The highest BCUT2D eigenvalue weighted by atomic mass is 16.6. The molecule has 2 aliphatic heterocycles. The Kier molecular flexibility index (Phi) is 6.92. The number of benzene rings is 2. The largest absolute Gasteiger partial charge is 0.507 e. The van der Waals surface area contributed by atoms with Gasteiger partial charge in [-0.15, -0.1) is 0 Å². The van der Waals surface area contributed by atoms with E-state index in [2.05, 4.69) is 10.2 Å². The minimum Gasteiger partial charge on any atom is -0.507 e. The summed E-state index contributed by atoms with van der Waals surface area (Å²) in [6.07, 6.45) is 0. The molecule has 10 nitrogen and oxygen atoms in total. The van der Waals surface area contributed by atoms with E-state index < -0.39 is 11.9 Å². The fourth-order valence-electron chi connectivity index (χ4n) is 4.17. The summed E-state index contributed by atoms with van der Waals surface area (Å²) in [5, 5.41) is 23.8. The van der Waals surface area contributed by atoms with Crippen LogP contribution in [0.5, 0.6) is 28.7 Å². The number of nitrogens with zero attached hydrogens (tertiary/aromatic N) is 1. The summed E-state index contributed by atoms with van der Waals surface area (Å²) in [7, 11) is 1.40. The molecule has 2 heterocycles. The summed E-state index contributed by atoms with van der Waals surface area (Å²) in [5.74, 6) is -1.84. The molecule has 0 amide bonds.